The maximum Gasteiger partial charge on any atom is 0.264 e. The first-order valence-electron chi connectivity index (χ1n) is 11.3. The van der Waals surface area contributed by atoms with Crippen LogP contribution in [0.3, 0.4) is 0 Å². The minimum atomic E-state index is -3.92. The van der Waals surface area contributed by atoms with Crippen LogP contribution < -0.4 is 14.4 Å². The number of likely N-dealkylation sites (tertiary alicyclic amines) is 1. The number of anilines is 1. The second-order valence-corrected chi connectivity index (χ2v) is 9.72. The number of hydrogen-bond donors (Lipinski definition) is 1. The van der Waals surface area contributed by atoms with Gasteiger partial charge in [0.05, 0.1) is 17.2 Å². The van der Waals surface area contributed by atoms with Gasteiger partial charge in [-0.25, -0.2) is 8.42 Å². The van der Waals surface area contributed by atoms with Gasteiger partial charge in [-0.1, -0.05) is 24.6 Å². The largest absolute Gasteiger partial charge is 0.494 e. The molecule has 1 saturated heterocycles. The van der Waals surface area contributed by atoms with E-state index in [1.807, 2.05) is 13.0 Å². The predicted octanol–water partition coefficient (Wildman–Crippen LogP) is 3.27. The molecular formula is C24H33N3O4S. The summed E-state index contributed by atoms with van der Waals surface area (Å²) in [4.78, 5) is 15.2. The number of carbonyl (C=O) groups is 1. The number of amides is 1. The van der Waals surface area contributed by atoms with Gasteiger partial charge in [0.2, 0.25) is 5.91 Å². The molecule has 1 aliphatic rings. The monoisotopic (exact) mass is 459 g/mol. The summed E-state index contributed by atoms with van der Waals surface area (Å²) in [6, 6.07) is 15.0. The molecule has 1 heterocycles. The lowest BCUT2D eigenvalue weighted by molar-refractivity contribution is -0.119. The van der Waals surface area contributed by atoms with Crippen molar-refractivity contribution >= 4 is 21.6 Å². The number of piperidine rings is 1. The molecule has 0 radical (unpaired) electrons. The average Bonchev–Trinajstić information content (AvgIpc) is 2.82. The summed E-state index contributed by atoms with van der Waals surface area (Å²) in [6.45, 7) is 5.82. The Morgan fingerprint density at radius 3 is 2.38 bits per heavy atom. The Labute approximate surface area is 191 Å². The van der Waals surface area contributed by atoms with Crippen LogP contribution in [-0.2, 0) is 14.8 Å². The molecule has 0 saturated carbocycles. The van der Waals surface area contributed by atoms with E-state index in [1.165, 1.54) is 31.4 Å². The number of rotatable bonds is 11. The lowest BCUT2D eigenvalue weighted by atomic mass is 10.1. The van der Waals surface area contributed by atoms with Gasteiger partial charge in [-0.2, -0.15) is 0 Å². The van der Waals surface area contributed by atoms with Crippen molar-refractivity contribution < 1.29 is 17.9 Å². The zero-order valence-electron chi connectivity index (χ0n) is 18.7. The minimum Gasteiger partial charge on any atom is -0.494 e. The highest BCUT2D eigenvalue weighted by atomic mass is 32.2. The molecule has 7 nitrogen and oxygen atoms in total. The number of ether oxygens (including phenoxy) is 1. The molecule has 1 aliphatic heterocycles. The standard InChI is InChI=1S/C24H33N3O4S/c1-2-31-22-12-14-23(15-13-22)32(29,30)27(21-10-5-3-6-11-21)20-24(28)25-16-9-19-26-17-7-4-8-18-26/h3,5-6,10-15H,2,4,7-9,16-20H2,1H3,(H,25,28). The fraction of sp³-hybridized carbons (Fsp3) is 0.458. The van der Waals surface area contributed by atoms with Crippen LogP contribution in [0.2, 0.25) is 0 Å². The van der Waals surface area contributed by atoms with Crippen molar-refractivity contribution in [3.05, 3.63) is 54.6 Å². The van der Waals surface area contributed by atoms with Gasteiger partial charge in [0.15, 0.2) is 0 Å². The zero-order valence-corrected chi connectivity index (χ0v) is 19.5. The Balaban J connectivity index is 1.65. The highest BCUT2D eigenvalue weighted by Crippen LogP contribution is 2.25. The topological polar surface area (TPSA) is 79.0 Å². The van der Waals surface area contributed by atoms with E-state index in [0.29, 0.717) is 24.6 Å². The summed E-state index contributed by atoms with van der Waals surface area (Å²) < 4.78 is 33.3. The van der Waals surface area contributed by atoms with Gasteiger partial charge < -0.3 is 15.0 Å². The first-order valence-corrected chi connectivity index (χ1v) is 12.7. The van der Waals surface area contributed by atoms with Crippen molar-refractivity contribution in [1.29, 1.82) is 0 Å². The lowest BCUT2D eigenvalue weighted by Crippen LogP contribution is -2.41. The molecule has 174 valence electrons. The van der Waals surface area contributed by atoms with Crippen molar-refractivity contribution in [3.63, 3.8) is 0 Å². The molecule has 1 fully saturated rings. The van der Waals surface area contributed by atoms with Crippen LogP contribution in [0, 0.1) is 0 Å². The van der Waals surface area contributed by atoms with Crippen LogP contribution in [0.1, 0.15) is 32.6 Å². The quantitative estimate of drug-likeness (QED) is 0.522. The first-order chi connectivity index (χ1) is 15.5. The van der Waals surface area contributed by atoms with E-state index in [4.69, 9.17) is 4.74 Å². The maximum atomic E-state index is 13.4. The molecule has 2 aromatic rings. The normalized spacial score (nSPS) is 14.7. The van der Waals surface area contributed by atoms with Crippen LogP contribution in [0.15, 0.2) is 59.5 Å². The van der Waals surface area contributed by atoms with Crippen LogP contribution in [-0.4, -0.2) is 58.6 Å². The Kier molecular flexibility index (Phi) is 8.93. The van der Waals surface area contributed by atoms with Crippen molar-refractivity contribution in [2.24, 2.45) is 0 Å². The van der Waals surface area contributed by atoms with Crippen molar-refractivity contribution in [2.75, 3.05) is 43.6 Å². The molecule has 2 aromatic carbocycles. The smallest absolute Gasteiger partial charge is 0.264 e. The van der Waals surface area contributed by atoms with Gasteiger partial charge in [-0.15, -0.1) is 0 Å². The second kappa shape index (κ2) is 11.9. The lowest BCUT2D eigenvalue weighted by Gasteiger charge is -2.26. The minimum absolute atomic E-state index is 0.114. The number of sulfonamides is 1. The molecule has 0 aliphatic carbocycles. The van der Waals surface area contributed by atoms with Gasteiger partial charge in [-0.05, 0) is 82.2 Å². The predicted molar refractivity (Wildman–Crippen MR) is 127 cm³/mol. The van der Waals surface area contributed by atoms with Gasteiger partial charge >= 0.3 is 0 Å². The molecule has 0 bridgehead atoms. The second-order valence-electron chi connectivity index (χ2n) is 7.86. The third-order valence-electron chi connectivity index (χ3n) is 5.48. The van der Waals surface area contributed by atoms with Gasteiger partial charge in [-0.3, -0.25) is 9.10 Å². The molecule has 8 heteroatoms. The number of benzene rings is 2. The summed E-state index contributed by atoms with van der Waals surface area (Å²) in [5, 5.41) is 2.88. The molecule has 0 aromatic heterocycles. The Bertz CT molecular complexity index is 943. The van der Waals surface area contributed by atoms with Gasteiger partial charge in [0.25, 0.3) is 10.0 Å². The number of nitrogens with zero attached hydrogens (tertiary/aromatic N) is 2. The highest BCUT2D eigenvalue weighted by molar-refractivity contribution is 7.92. The summed E-state index contributed by atoms with van der Waals surface area (Å²) in [5.74, 6) is 0.283. The van der Waals surface area contributed by atoms with Crippen molar-refractivity contribution in [1.82, 2.24) is 10.2 Å². The molecular weight excluding hydrogens is 426 g/mol. The third-order valence-corrected chi connectivity index (χ3v) is 7.26. The van der Waals surface area contributed by atoms with Crippen molar-refractivity contribution in [3.8, 4) is 5.75 Å². The average molecular weight is 460 g/mol. The molecule has 32 heavy (non-hydrogen) atoms. The highest BCUT2D eigenvalue weighted by Gasteiger charge is 2.27. The van der Waals surface area contributed by atoms with E-state index in [1.54, 1.807) is 36.4 Å². The third kappa shape index (κ3) is 6.71. The fourth-order valence-corrected chi connectivity index (χ4v) is 5.23. The molecule has 0 unspecified atom stereocenters. The maximum absolute atomic E-state index is 13.4. The van der Waals surface area contributed by atoms with Crippen LogP contribution in [0.25, 0.3) is 0 Å². The van der Waals surface area contributed by atoms with Crippen LogP contribution in [0.5, 0.6) is 5.75 Å². The van der Waals surface area contributed by atoms with E-state index in [2.05, 4.69) is 10.2 Å². The van der Waals surface area contributed by atoms with Gasteiger partial charge in [0, 0.05) is 6.54 Å². The van der Waals surface area contributed by atoms with Crippen molar-refractivity contribution in [2.45, 2.75) is 37.5 Å². The van der Waals surface area contributed by atoms with E-state index < -0.39 is 10.0 Å². The summed E-state index contributed by atoms with van der Waals surface area (Å²) in [7, 11) is -3.92. The number of carbonyl (C=O) groups excluding carboxylic acids is 1. The van der Waals surface area contributed by atoms with E-state index in [-0.39, 0.29) is 17.3 Å². The number of hydrogen-bond acceptors (Lipinski definition) is 5. The molecule has 1 N–H and O–H groups in total. The number of nitrogens with one attached hydrogen (secondary N) is 1. The summed E-state index contributed by atoms with van der Waals surface area (Å²) in [5.41, 5.74) is 0.449. The zero-order chi connectivity index (χ0) is 22.8. The molecule has 1 amide bonds. The molecule has 0 spiro atoms. The summed E-state index contributed by atoms with van der Waals surface area (Å²) >= 11 is 0. The SMILES string of the molecule is CCOc1ccc(S(=O)(=O)N(CC(=O)NCCCN2CCCCC2)c2ccccc2)cc1. The fourth-order valence-electron chi connectivity index (χ4n) is 3.81. The van der Waals surface area contributed by atoms with E-state index in [0.717, 1.165) is 30.4 Å². The van der Waals surface area contributed by atoms with Gasteiger partial charge in [0.1, 0.15) is 12.3 Å². The Morgan fingerprint density at radius 2 is 1.72 bits per heavy atom. The van der Waals surface area contributed by atoms with Crippen LogP contribution >= 0.6 is 0 Å². The van der Waals surface area contributed by atoms with E-state index >= 15 is 0 Å². The molecule has 3 rings (SSSR count). The Morgan fingerprint density at radius 1 is 1.03 bits per heavy atom. The molecule has 0 atom stereocenters. The number of para-hydroxylation sites is 1. The Hall–Kier alpha value is -2.58. The summed E-state index contributed by atoms with van der Waals surface area (Å²) in [6.07, 6.45) is 4.62. The van der Waals surface area contributed by atoms with Crippen LogP contribution in [0.4, 0.5) is 5.69 Å². The first kappa shape index (κ1) is 24.1. The van der Waals surface area contributed by atoms with E-state index in [9.17, 15) is 13.2 Å².